The van der Waals surface area contributed by atoms with Gasteiger partial charge in [0.1, 0.15) is 17.6 Å². The van der Waals surface area contributed by atoms with Crippen LogP contribution in [-0.4, -0.2) is 65.1 Å². The molecule has 0 saturated carbocycles. The van der Waals surface area contributed by atoms with Crippen molar-refractivity contribution in [1.29, 1.82) is 0 Å². The molecule has 1 atom stereocenters. The maximum atomic E-state index is 13.6. The third kappa shape index (κ3) is 9.02. The Labute approximate surface area is 283 Å². The predicted octanol–water partition coefficient (Wildman–Crippen LogP) is 7.03. The fourth-order valence-corrected chi connectivity index (χ4v) is 7.37. The largest absolute Gasteiger partial charge is 0.497 e. The van der Waals surface area contributed by atoms with Crippen molar-refractivity contribution < 1.29 is 14.3 Å². The first-order chi connectivity index (χ1) is 22.8. The Hall–Kier alpha value is -3.69. The fourth-order valence-electron chi connectivity index (χ4n) is 6.67. The summed E-state index contributed by atoms with van der Waals surface area (Å²) in [6.07, 6.45) is 6.16. The molecule has 8 nitrogen and oxygen atoms in total. The van der Waals surface area contributed by atoms with Gasteiger partial charge >= 0.3 is 0 Å². The van der Waals surface area contributed by atoms with Crippen LogP contribution in [0.25, 0.3) is 11.0 Å². The maximum absolute atomic E-state index is 13.6. The molecule has 2 aromatic heterocycles. The van der Waals surface area contributed by atoms with Crippen LogP contribution in [0, 0.1) is 5.92 Å². The van der Waals surface area contributed by atoms with Gasteiger partial charge in [0, 0.05) is 48.6 Å². The third-order valence-corrected chi connectivity index (χ3v) is 10.3. The Morgan fingerprint density at radius 2 is 1.79 bits per heavy atom. The third-order valence-electron chi connectivity index (χ3n) is 9.38. The molecule has 1 aliphatic rings. The van der Waals surface area contributed by atoms with Crippen LogP contribution in [-0.2, 0) is 17.6 Å². The van der Waals surface area contributed by atoms with Crippen molar-refractivity contribution in [2.45, 2.75) is 90.8 Å². The average Bonchev–Trinajstić information content (AvgIpc) is 3.72. The van der Waals surface area contributed by atoms with E-state index in [-0.39, 0.29) is 23.8 Å². The van der Waals surface area contributed by atoms with Crippen LogP contribution in [0.4, 0.5) is 0 Å². The second-order valence-corrected chi connectivity index (χ2v) is 14.2. The van der Waals surface area contributed by atoms with E-state index in [1.54, 1.807) is 18.4 Å². The van der Waals surface area contributed by atoms with Crippen molar-refractivity contribution in [2.75, 3.05) is 26.7 Å². The molecule has 0 unspecified atom stereocenters. The zero-order valence-electron chi connectivity index (χ0n) is 28.6. The van der Waals surface area contributed by atoms with E-state index >= 15 is 0 Å². The van der Waals surface area contributed by atoms with Gasteiger partial charge in [-0.3, -0.25) is 9.59 Å². The lowest BCUT2D eigenvalue weighted by Gasteiger charge is -2.33. The lowest BCUT2D eigenvalue weighted by Crippen LogP contribution is -2.52. The van der Waals surface area contributed by atoms with E-state index in [4.69, 9.17) is 9.72 Å². The summed E-state index contributed by atoms with van der Waals surface area (Å²) >= 11 is 1.74. The van der Waals surface area contributed by atoms with E-state index in [0.29, 0.717) is 18.0 Å². The van der Waals surface area contributed by atoms with E-state index in [1.165, 1.54) is 10.4 Å². The molecule has 0 bridgehead atoms. The Kier molecular flexibility index (Phi) is 12.1. The topological polar surface area (TPSA) is 88.5 Å². The van der Waals surface area contributed by atoms with Gasteiger partial charge in [-0.25, -0.2) is 4.98 Å². The van der Waals surface area contributed by atoms with Crippen LogP contribution in [0.3, 0.4) is 0 Å². The number of likely N-dealkylation sites (tertiary alicyclic amines) is 1. The number of methoxy groups -OCH3 is 1. The zero-order chi connectivity index (χ0) is 33.3. The molecule has 47 heavy (non-hydrogen) atoms. The number of benzene rings is 2. The van der Waals surface area contributed by atoms with Crippen LogP contribution in [0.1, 0.15) is 92.5 Å². The summed E-state index contributed by atoms with van der Waals surface area (Å²) in [5.74, 6) is 1.82. The minimum absolute atomic E-state index is 0.0962. The highest BCUT2D eigenvalue weighted by molar-refractivity contribution is 7.09. The number of hydrogen-bond donors (Lipinski definition) is 2. The standard InChI is InChI=1S/C38H51N5O3S/c1-6-30(7-2)43-35-15-12-28(24-33(35)40-36(43)25-32-9-8-22-47-32)37(44)41-34(23-26(3)4)38(45)39-29-17-20-42(21-18-29)19-16-27-10-13-31(46-5)14-11-27/h8-15,22,24,26,29-30,34H,6-7,16-21,23,25H2,1-5H3,(H,39,45)(H,41,44)/t34-/m0/s1. The number of aromatic nitrogens is 2. The molecule has 2 amide bonds. The number of thiophene rings is 1. The molecule has 0 spiro atoms. The highest BCUT2D eigenvalue weighted by atomic mass is 32.1. The quantitative estimate of drug-likeness (QED) is 0.143. The van der Waals surface area contributed by atoms with Gasteiger partial charge in [-0.1, -0.05) is 45.9 Å². The van der Waals surface area contributed by atoms with E-state index in [2.05, 4.69) is 77.4 Å². The fraction of sp³-hybridized carbons (Fsp3) is 0.500. The van der Waals surface area contributed by atoms with Gasteiger partial charge in [-0.2, -0.15) is 0 Å². The smallest absolute Gasteiger partial charge is 0.252 e. The minimum Gasteiger partial charge on any atom is -0.497 e. The van der Waals surface area contributed by atoms with Gasteiger partial charge in [0.15, 0.2) is 0 Å². The lowest BCUT2D eigenvalue weighted by molar-refractivity contribution is -0.124. The van der Waals surface area contributed by atoms with Crippen molar-refractivity contribution in [3.05, 3.63) is 81.8 Å². The Morgan fingerprint density at radius 1 is 1.04 bits per heavy atom. The highest BCUT2D eigenvalue weighted by Gasteiger charge is 2.27. The van der Waals surface area contributed by atoms with Crippen molar-refractivity contribution >= 4 is 34.2 Å². The molecule has 2 aromatic carbocycles. The number of piperidine rings is 1. The van der Waals surface area contributed by atoms with Gasteiger partial charge < -0.3 is 24.8 Å². The molecule has 0 aliphatic carbocycles. The second-order valence-electron chi connectivity index (χ2n) is 13.2. The summed E-state index contributed by atoms with van der Waals surface area (Å²) in [4.78, 5) is 35.9. The van der Waals surface area contributed by atoms with E-state index < -0.39 is 6.04 Å². The Balaban J connectivity index is 1.21. The monoisotopic (exact) mass is 657 g/mol. The van der Waals surface area contributed by atoms with Gasteiger partial charge in [-0.05, 0) is 91.8 Å². The molecule has 4 aromatic rings. The van der Waals surface area contributed by atoms with Crippen molar-refractivity contribution in [3.63, 3.8) is 0 Å². The van der Waals surface area contributed by atoms with Gasteiger partial charge in [0.05, 0.1) is 18.1 Å². The molecular weight excluding hydrogens is 607 g/mol. The second kappa shape index (κ2) is 16.4. The van der Waals surface area contributed by atoms with Gasteiger partial charge in [0.2, 0.25) is 5.91 Å². The van der Waals surface area contributed by atoms with Crippen LogP contribution < -0.4 is 15.4 Å². The first-order valence-corrected chi connectivity index (χ1v) is 18.2. The van der Waals surface area contributed by atoms with Crippen molar-refractivity contribution in [3.8, 4) is 5.75 Å². The molecule has 1 aliphatic heterocycles. The molecule has 2 N–H and O–H groups in total. The van der Waals surface area contributed by atoms with Gasteiger partial charge in [-0.15, -0.1) is 11.3 Å². The molecular formula is C38H51N5O3S. The molecule has 5 rings (SSSR count). The van der Waals surface area contributed by atoms with Crippen molar-refractivity contribution in [2.24, 2.45) is 5.92 Å². The number of ether oxygens (including phenoxy) is 1. The molecule has 252 valence electrons. The first-order valence-electron chi connectivity index (χ1n) is 17.3. The lowest BCUT2D eigenvalue weighted by atomic mass is 10.00. The summed E-state index contributed by atoms with van der Waals surface area (Å²) in [6.45, 7) is 11.5. The Bertz CT molecular complexity index is 1590. The number of carbonyl (C=O) groups is 2. The molecule has 9 heteroatoms. The summed E-state index contributed by atoms with van der Waals surface area (Å²) in [6, 6.07) is 18.1. The average molecular weight is 658 g/mol. The van der Waals surface area contributed by atoms with Crippen molar-refractivity contribution in [1.82, 2.24) is 25.1 Å². The number of carbonyl (C=O) groups excluding carboxylic acids is 2. The molecule has 0 radical (unpaired) electrons. The zero-order valence-corrected chi connectivity index (χ0v) is 29.4. The van der Waals surface area contributed by atoms with Crippen LogP contribution >= 0.6 is 11.3 Å². The summed E-state index contributed by atoms with van der Waals surface area (Å²) < 4.78 is 7.62. The normalized spacial score (nSPS) is 15.0. The molecule has 1 saturated heterocycles. The maximum Gasteiger partial charge on any atom is 0.252 e. The first kappa shape index (κ1) is 34.6. The number of imidazole rings is 1. The minimum atomic E-state index is -0.595. The van der Waals surface area contributed by atoms with Crippen LogP contribution in [0.15, 0.2) is 60.0 Å². The number of fused-ring (bicyclic) bond motifs is 1. The van der Waals surface area contributed by atoms with Crippen LogP contribution in [0.2, 0.25) is 0 Å². The molecule has 1 fully saturated rings. The highest BCUT2D eigenvalue weighted by Crippen LogP contribution is 2.28. The Morgan fingerprint density at radius 3 is 2.43 bits per heavy atom. The number of nitrogens with zero attached hydrogens (tertiary/aromatic N) is 3. The number of amides is 2. The number of nitrogens with one attached hydrogen (secondary N) is 2. The van der Waals surface area contributed by atoms with Gasteiger partial charge in [0.25, 0.3) is 5.91 Å². The summed E-state index contributed by atoms with van der Waals surface area (Å²) in [5.41, 5.74) is 3.69. The van der Waals surface area contributed by atoms with Crippen LogP contribution in [0.5, 0.6) is 5.75 Å². The number of rotatable bonds is 15. The summed E-state index contributed by atoms with van der Waals surface area (Å²) in [7, 11) is 1.69. The van der Waals surface area contributed by atoms with E-state index in [9.17, 15) is 9.59 Å². The number of hydrogen-bond acceptors (Lipinski definition) is 6. The van der Waals surface area contributed by atoms with E-state index in [0.717, 1.165) is 80.8 Å². The predicted molar refractivity (Wildman–Crippen MR) is 191 cm³/mol. The summed E-state index contributed by atoms with van der Waals surface area (Å²) in [5, 5.41) is 8.44. The molecule has 3 heterocycles. The van der Waals surface area contributed by atoms with E-state index in [1.807, 2.05) is 30.3 Å². The SMILES string of the molecule is CCC(CC)n1c(Cc2cccs2)nc2cc(C(=O)N[C@@H](CC(C)C)C(=O)NC3CCN(CCc4ccc(OC)cc4)CC3)ccc21.